The minimum atomic E-state index is -0.461. The average Bonchev–Trinajstić information content (AvgIpc) is 2.77. The highest BCUT2D eigenvalue weighted by Gasteiger charge is 2.09. The third-order valence-electron chi connectivity index (χ3n) is 4.38. The van der Waals surface area contributed by atoms with Crippen LogP contribution in [-0.4, -0.2) is 12.5 Å². The van der Waals surface area contributed by atoms with Gasteiger partial charge in [0.25, 0.3) is 5.91 Å². The zero-order valence-corrected chi connectivity index (χ0v) is 16.8. The number of carbonyl (C=O) groups excluding carboxylic acids is 1. The molecule has 30 heavy (non-hydrogen) atoms. The number of nitrogens with zero attached hydrogens (tertiary/aromatic N) is 1. The number of anilines is 1. The van der Waals surface area contributed by atoms with Crippen molar-refractivity contribution in [1.29, 1.82) is 5.26 Å². The average molecular weight is 397 g/mol. The van der Waals surface area contributed by atoms with E-state index < -0.39 is 5.91 Å². The van der Waals surface area contributed by atoms with Gasteiger partial charge >= 0.3 is 0 Å². The summed E-state index contributed by atoms with van der Waals surface area (Å²) in [5, 5.41) is 15.1. The van der Waals surface area contributed by atoms with E-state index in [1.54, 1.807) is 24.3 Å². The molecule has 3 aromatic carbocycles. The van der Waals surface area contributed by atoms with Crippen LogP contribution in [0, 0.1) is 18.3 Å². The van der Waals surface area contributed by atoms with E-state index in [4.69, 9.17) is 4.74 Å². The number of rotatable bonds is 8. The maximum absolute atomic E-state index is 12.3. The first-order chi connectivity index (χ1) is 14.6. The number of benzene rings is 3. The molecule has 5 nitrogen and oxygen atoms in total. The van der Waals surface area contributed by atoms with E-state index in [0.29, 0.717) is 18.0 Å². The van der Waals surface area contributed by atoms with Gasteiger partial charge in [-0.1, -0.05) is 48.0 Å². The van der Waals surface area contributed by atoms with Crippen molar-refractivity contribution < 1.29 is 9.53 Å². The monoisotopic (exact) mass is 397 g/mol. The SMILES string of the molecule is Cc1ccc(CCN/C=C(/C#N)C(=O)Nc2ccc(Oc3ccccc3)cc2)cc1. The molecule has 0 atom stereocenters. The van der Waals surface area contributed by atoms with Crippen molar-refractivity contribution in [2.75, 3.05) is 11.9 Å². The predicted molar refractivity (Wildman–Crippen MR) is 118 cm³/mol. The minimum Gasteiger partial charge on any atom is -0.457 e. The molecular weight excluding hydrogens is 374 g/mol. The molecule has 0 saturated heterocycles. The normalized spacial score (nSPS) is 10.7. The third-order valence-corrected chi connectivity index (χ3v) is 4.38. The lowest BCUT2D eigenvalue weighted by molar-refractivity contribution is -0.112. The third kappa shape index (κ3) is 6.25. The summed E-state index contributed by atoms with van der Waals surface area (Å²) in [6.07, 6.45) is 2.26. The van der Waals surface area contributed by atoms with E-state index >= 15 is 0 Å². The lowest BCUT2D eigenvalue weighted by Gasteiger charge is -2.08. The predicted octanol–water partition coefficient (Wildman–Crippen LogP) is 4.97. The molecule has 0 saturated carbocycles. The summed E-state index contributed by atoms with van der Waals surface area (Å²) in [6, 6.07) is 26.6. The molecular formula is C25H23N3O2. The molecule has 0 aliphatic carbocycles. The summed E-state index contributed by atoms with van der Waals surface area (Å²) in [7, 11) is 0. The molecule has 0 fully saturated rings. The van der Waals surface area contributed by atoms with Crippen molar-refractivity contribution >= 4 is 11.6 Å². The Morgan fingerprint density at radius 3 is 2.30 bits per heavy atom. The largest absolute Gasteiger partial charge is 0.457 e. The Balaban J connectivity index is 1.50. The van der Waals surface area contributed by atoms with E-state index in [0.717, 1.165) is 12.2 Å². The zero-order chi connectivity index (χ0) is 21.2. The molecule has 0 aromatic heterocycles. The number of hydrogen-bond donors (Lipinski definition) is 2. The highest BCUT2D eigenvalue weighted by atomic mass is 16.5. The fourth-order valence-electron chi connectivity index (χ4n) is 2.72. The lowest BCUT2D eigenvalue weighted by Crippen LogP contribution is -2.18. The number of amides is 1. The van der Waals surface area contributed by atoms with Crippen molar-refractivity contribution in [3.63, 3.8) is 0 Å². The van der Waals surface area contributed by atoms with Gasteiger partial charge in [-0.25, -0.2) is 0 Å². The van der Waals surface area contributed by atoms with E-state index in [-0.39, 0.29) is 5.57 Å². The van der Waals surface area contributed by atoms with Gasteiger partial charge < -0.3 is 15.4 Å². The quantitative estimate of drug-likeness (QED) is 0.320. The number of nitrogens with one attached hydrogen (secondary N) is 2. The van der Waals surface area contributed by atoms with Crippen LogP contribution in [0.25, 0.3) is 0 Å². The maximum atomic E-state index is 12.3. The van der Waals surface area contributed by atoms with Gasteiger partial charge in [0, 0.05) is 18.4 Å². The number of ether oxygens (including phenoxy) is 1. The van der Waals surface area contributed by atoms with Gasteiger partial charge in [0.05, 0.1) is 0 Å². The summed E-state index contributed by atoms with van der Waals surface area (Å²) < 4.78 is 5.73. The topological polar surface area (TPSA) is 74.2 Å². The Labute approximate surface area is 176 Å². The van der Waals surface area contributed by atoms with Crippen LogP contribution in [0.15, 0.2) is 90.6 Å². The second-order valence-corrected chi connectivity index (χ2v) is 6.75. The summed E-state index contributed by atoms with van der Waals surface area (Å²) in [6.45, 7) is 2.68. The van der Waals surface area contributed by atoms with E-state index in [9.17, 15) is 10.1 Å². The van der Waals surface area contributed by atoms with Crippen molar-refractivity contribution in [3.05, 3.63) is 102 Å². The van der Waals surface area contributed by atoms with Crippen LogP contribution in [0.3, 0.4) is 0 Å². The van der Waals surface area contributed by atoms with Gasteiger partial charge in [0.15, 0.2) is 0 Å². The number of aryl methyl sites for hydroxylation is 1. The van der Waals surface area contributed by atoms with Gasteiger partial charge in [-0.2, -0.15) is 5.26 Å². The van der Waals surface area contributed by atoms with Crippen LogP contribution in [0.2, 0.25) is 0 Å². The molecule has 0 aliphatic heterocycles. The number of hydrogen-bond acceptors (Lipinski definition) is 4. The van der Waals surface area contributed by atoms with Crippen LogP contribution in [-0.2, 0) is 11.2 Å². The maximum Gasteiger partial charge on any atom is 0.267 e. The molecule has 3 aromatic rings. The summed E-state index contributed by atoms with van der Waals surface area (Å²) in [4.78, 5) is 12.3. The van der Waals surface area contributed by atoms with E-state index in [1.807, 2.05) is 43.3 Å². The molecule has 0 radical (unpaired) electrons. The molecule has 0 heterocycles. The van der Waals surface area contributed by atoms with Gasteiger partial charge in [0.1, 0.15) is 23.1 Å². The van der Waals surface area contributed by atoms with Crippen molar-refractivity contribution in [1.82, 2.24) is 5.32 Å². The fraction of sp³-hybridized carbons (Fsp3) is 0.120. The van der Waals surface area contributed by atoms with E-state index in [2.05, 4.69) is 34.9 Å². The molecule has 150 valence electrons. The number of nitriles is 1. The summed E-state index contributed by atoms with van der Waals surface area (Å²) in [5.41, 5.74) is 3.02. The Kier molecular flexibility index (Phi) is 7.23. The molecule has 0 aliphatic rings. The lowest BCUT2D eigenvalue weighted by atomic mass is 10.1. The molecule has 0 bridgehead atoms. The molecule has 1 amide bonds. The summed E-state index contributed by atoms with van der Waals surface area (Å²) >= 11 is 0. The van der Waals surface area contributed by atoms with Crippen LogP contribution in [0.1, 0.15) is 11.1 Å². The van der Waals surface area contributed by atoms with Gasteiger partial charge in [-0.05, 0) is 55.3 Å². The standard InChI is InChI=1S/C25H23N3O2/c1-19-7-9-20(10-8-19)15-16-27-18-21(17-26)25(29)28-22-11-13-24(14-12-22)30-23-5-3-2-4-6-23/h2-14,18,27H,15-16H2,1H3,(H,28,29)/b21-18-. The smallest absolute Gasteiger partial charge is 0.267 e. The van der Waals surface area contributed by atoms with Crippen LogP contribution < -0.4 is 15.4 Å². The molecule has 2 N–H and O–H groups in total. The first-order valence-corrected chi connectivity index (χ1v) is 9.67. The second-order valence-electron chi connectivity index (χ2n) is 6.75. The van der Waals surface area contributed by atoms with Crippen molar-refractivity contribution in [2.45, 2.75) is 13.3 Å². The highest BCUT2D eigenvalue weighted by molar-refractivity contribution is 6.06. The highest BCUT2D eigenvalue weighted by Crippen LogP contribution is 2.22. The summed E-state index contributed by atoms with van der Waals surface area (Å²) in [5.74, 6) is 0.936. The number of carbonyl (C=O) groups is 1. The molecule has 0 unspecified atom stereocenters. The van der Waals surface area contributed by atoms with E-state index in [1.165, 1.54) is 17.3 Å². The molecule has 5 heteroatoms. The van der Waals surface area contributed by atoms with Gasteiger partial charge in [0.2, 0.25) is 0 Å². The molecule has 3 rings (SSSR count). The minimum absolute atomic E-state index is 0.0171. The van der Waals surface area contributed by atoms with Crippen LogP contribution >= 0.6 is 0 Å². The Bertz CT molecular complexity index is 1030. The Morgan fingerprint density at radius 1 is 0.967 bits per heavy atom. The van der Waals surface area contributed by atoms with Crippen molar-refractivity contribution in [2.24, 2.45) is 0 Å². The second kappa shape index (κ2) is 10.5. The Hall–Kier alpha value is -4.04. The zero-order valence-electron chi connectivity index (χ0n) is 16.8. The van der Waals surface area contributed by atoms with Crippen molar-refractivity contribution in [3.8, 4) is 17.6 Å². The van der Waals surface area contributed by atoms with Gasteiger partial charge in [-0.15, -0.1) is 0 Å². The Morgan fingerprint density at radius 2 is 1.63 bits per heavy atom. The molecule has 0 spiro atoms. The fourth-order valence-corrected chi connectivity index (χ4v) is 2.72. The number of para-hydroxylation sites is 1. The van der Waals surface area contributed by atoms with Crippen LogP contribution in [0.5, 0.6) is 11.5 Å². The first-order valence-electron chi connectivity index (χ1n) is 9.67. The first kappa shape index (κ1) is 20.7. The van der Waals surface area contributed by atoms with Gasteiger partial charge in [-0.3, -0.25) is 4.79 Å². The van der Waals surface area contributed by atoms with Crippen LogP contribution in [0.4, 0.5) is 5.69 Å².